The number of thiophene rings is 1. The van der Waals surface area contributed by atoms with Gasteiger partial charge in [0.25, 0.3) is 0 Å². The van der Waals surface area contributed by atoms with Gasteiger partial charge in [-0.2, -0.15) is 0 Å². The summed E-state index contributed by atoms with van der Waals surface area (Å²) in [6.45, 7) is 0.860. The second-order valence-corrected chi connectivity index (χ2v) is 6.09. The predicted octanol–water partition coefficient (Wildman–Crippen LogP) is 2.72. The first kappa shape index (κ1) is 11.8. The molecule has 3 aromatic rings. The van der Waals surface area contributed by atoms with Crippen LogP contribution < -0.4 is 5.32 Å². The van der Waals surface area contributed by atoms with Crippen molar-refractivity contribution in [3.8, 4) is 0 Å². The predicted molar refractivity (Wildman–Crippen MR) is 79.3 cm³/mol. The fourth-order valence-electron chi connectivity index (χ4n) is 2.35. The van der Waals surface area contributed by atoms with Gasteiger partial charge in [-0.25, -0.2) is 4.98 Å². The molecule has 0 saturated heterocycles. The van der Waals surface area contributed by atoms with Crippen LogP contribution in [0.15, 0.2) is 29.9 Å². The summed E-state index contributed by atoms with van der Waals surface area (Å²) in [5.74, 6) is 2.48. The van der Waals surface area contributed by atoms with Crippen LogP contribution in [-0.4, -0.2) is 26.1 Å². The Kier molecular flexibility index (Phi) is 2.88. The van der Waals surface area contributed by atoms with Gasteiger partial charge in [-0.05, 0) is 30.7 Å². The van der Waals surface area contributed by atoms with Crippen molar-refractivity contribution < 1.29 is 0 Å². The van der Waals surface area contributed by atoms with Crippen LogP contribution in [0.25, 0.3) is 5.65 Å². The van der Waals surface area contributed by atoms with E-state index in [-0.39, 0.29) is 0 Å². The van der Waals surface area contributed by atoms with Crippen molar-refractivity contribution in [3.05, 3.63) is 40.6 Å². The van der Waals surface area contributed by atoms with E-state index in [0.29, 0.717) is 5.92 Å². The highest BCUT2D eigenvalue weighted by Gasteiger charge is 2.29. The maximum Gasteiger partial charge on any atom is 0.203 e. The van der Waals surface area contributed by atoms with Crippen molar-refractivity contribution in [1.29, 1.82) is 0 Å². The molecule has 0 aliphatic heterocycles. The number of nitrogens with one attached hydrogen (secondary N) is 1. The maximum absolute atomic E-state index is 4.39. The Hall–Kier alpha value is -1.95. The normalized spacial score (nSPS) is 14.8. The lowest BCUT2D eigenvalue weighted by molar-refractivity contribution is 0.894. The molecule has 5 nitrogen and oxygen atoms in total. The van der Waals surface area contributed by atoms with Crippen LogP contribution in [0.3, 0.4) is 0 Å². The molecular formula is C14H15N5S. The summed E-state index contributed by atoms with van der Waals surface area (Å²) in [5, 5.41) is 14.1. The fourth-order valence-corrected chi connectivity index (χ4v) is 3.06. The highest BCUT2D eigenvalue weighted by atomic mass is 32.1. The minimum absolute atomic E-state index is 0.589. The van der Waals surface area contributed by atoms with E-state index in [1.165, 1.54) is 17.7 Å². The molecule has 1 saturated carbocycles. The van der Waals surface area contributed by atoms with Crippen molar-refractivity contribution in [2.45, 2.75) is 25.2 Å². The molecule has 1 aliphatic rings. The minimum Gasteiger partial charge on any atom is -0.367 e. The van der Waals surface area contributed by atoms with E-state index in [0.717, 1.165) is 30.3 Å². The number of fused-ring (bicyclic) bond motifs is 1. The van der Waals surface area contributed by atoms with Crippen molar-refractivity contribution in [2.24, 2.45) is 0 Å². The van der Waals surface area contributed by atoms with Gasteiger partial charge in [0.1, 0.15) is 5.82 Å². The highest BCUT2D eigenvalue weighted by Crippen LogP contribution is 2.39. The van der Waals surface area contributed by atoms with Crippen LogP contribution in [0, 0.1) is 0 Å². The van der Waals surface area contributed by atoms with Crippen LogP contribution in [-0.2, 0) is 6.42 Å². The third-order valence-electron chi connectivity index (χ3n) is 3.54. The zero-order valence-corrected chi connectivity index (χ0v) is 11.8. The van der Waals surface area contributed by atoms with Crippen LogP contribution in [0.4, 0.5) is 5.82 Å². The van der Waals surface area contributed by atoms with Gasteiger partial charge in [0.05, 0.1) is 0 Å². The Balaban J connectivity index is 1.53. The maximum atomic E-state index is 4.39. The third-order valence-corrected chi connectivity index (χ3v) is 4.48. The van der Waals surface area contributed by atoms with E-state index in [9.17, 15) is 0 Å². The van der Waals surface area contributed by atoms with Crippen molar-refractivity contribution >= 4 is 22.8 Å². The molecule has 0 unspecified atom stereocenters. The molecule has 20 heavy (non-hydrogen) atoms. The van der Waals surface area contributed by atoms with E-state index in [4.69, 9.17) is 0 Å². The number of aromatic nitrogens is 4. The van der Waals surface area contributed by atoms with Crippen LogP contribution in [0.1, 0.15) is 29.5 Å². The highest BCUT2D eigenvalue weighted by molar-refractivity contribution is 7.09. The van der Waals surface area contributed by atoms with Crippen molar-refractivity contribution in [3.63, 3.8) is 0 Å². The summed E-state index contributed by atoms with van der Waals surface area (Å²) >= 11 is 1.78. The van der Waals surface area contributed by atoms with Gasteiger partial charge in [0.2, 0.25) is 5.65 Å². The van der Waals surface area contributed by atoms with Gasteiger partial charge >= 0.3 is 0 Å². The molecule has 0 spiro atoms. The molecule has 0 bridgehead atoms. The summed E-state index contributed by atoms with van der Waals surface area (Å²) in [4.78, 5) is 5.77. The average Bonchev–Trinajstić information content (AvgIpc) is 3.01. The zero-order valence-electron chi connectivity index (χ0n) is 11.0. The first-order valence-corrected chi connectivity index (χ1v) is 7.75. The first-order valence-electron chi connectivity index (χ1n) is 6.88. The lowest BCUT2D eigenvalue weighted by Gasteiger charge is -2.05. The van der Waals surface area contributed by atoms with Gasteiger partial charge in [-0.3, -0.25) is 4.40 Å². The summed E-state index contributed by atoms with van der Waals surface area (Å²) in [5.41, 5.74) is 0.834. The van der Waals surface area contributed by atoms with E-state index in [1.54, 1.807) is 11.3 Å². The van der Waals surface area contributed by atoms with Crippen molar-refractivity contribution in [1.82, 2.24) is 19.6 Å². The third kappa shape index (κ3) is 2.16. The molecule has 0 amide bonds. The molecule has 1 fully saturated rings. The molecule has 0 atom stereocenters. The minimum atomic E-state index is 0.589. The Morgan fingerprint density at radius 1 is 1.35 bits per heavy atom. The molecule has 3 aromatic heterocycles. The van der Waals surface area contributed by atoms with Crippen LogP contribution in [0.5, 0.6) is 0 Å². The van der Waals surface area contributed by atoms with E-state index >= 15 is 0 Å². The summed E-state index contributed by atoms with van der Waals surface area (Å²) in [7, 11) is 0. The molecule has 0 aromatic carbocycles. The van der Waals surface area contributed by atoms with Crippen LogP contribution in [0.2, 0.25) is 0 Å². The monoisotopic (exact) mass is 285 g/mol. The average molecular weight is 285 g/mol. The Bertz CT molecular complexity index is 714. The van der Waals surface area contributed by atoms with E-state index in [1.807, 2.05) is 12.4 Å². The molecule has 6 heteroatoms. The van der Waals surface area contributed by atoms with Gasteiger partial charge < -0.3 is 5.32 Å². The number of hydrogen-bond acceptors (Lipinski definition) is 5. The second-order valence-electron chi connectivity index (χ2n) is 5.06. The largest absolute Gasteiger partial charge is 0.367 e. The molecular weight excluding hydrogens is 270 g/mol. The lowest BCUT2D eigenvalue weighted by atomic mass is 10.3. The summed E-state index contributed by atoms with van der Waals surface area (Å²) in [6.07, 6.45) is 7.22. The molecule has 4 rings (SSSR count). The number of anilines is 1. The van der Waals surface area contributed by atoms with Gasteiger partial charge in [-0.1, -0.05) is 6.07 Å². The Morgan fingerprint density at radius 3 is 3.10 bits per heavy atom. The standard InChI is InChI=1S/C14H15N5S/c1-2-11(20-9-1)5-6-15-12-14-18-17-13(10-3-4-10)19(14)8-7-16-12/h1-2,7-10H,3-6H2,(H,15,16). The van der Waals surface area contributed by atoms with E-state index in [2.05, 4.69) is 42.4 Å². The number of rotatable bonds is 5. The molecule has 0 radical (unpaired) electrons. The number of hydrogen-bond donors (Lipinski definition) is 1. The molecule has 102 valence electrons. The second kappa shape index (κ2) is 4.86. The van der Waals surface area contributed by atoms with Gasteiger partial charge in [0.15, 0.2) is 5.82 Å². The van der Waals surface area contributed by atoms with Crippen molar-refractivity contribution in [2.75, 3.05) is 11.9 Å². The number of nitrogens with zero attached hydrogens (tertiary/aromatic N) is 4. The van der Waals surface area contributed by atoms with E-state index < -0.39 is 0 Å². The Morgan fingerprint density at radius 2 is 2.30 bits per heavy atom. The molecule has 1 aliphatic carbocycles. The molecule has 1 N–H and O–H groups in total. The quantitative estimate of drug-likeness (QED) is 0.783. The summed E-state index contributed by atoms with van der Waals surface area (Å²) in [6, 6.07) is 4.24. The van der Waals surface area contributed by atoms with Crippen LogP contribution >= 0.6 is 11.3 Å². The SMILES string of the molecule is c1csc(CCNc2nccn3c(C4CC4)nnc23)c1. The molecule has 3 heterocycles. The smallest absolute Gasteiger partial charge is 0.203 e. The van der Waals surface area contributed by atoms with Gasteiger partial charge in [0, 0.05) is 29.7 Å². The first-order chi connectivity index (χ1) is 9.92. The topological polar surface area (TPSA) is 55.1 Å². The zero-order chi connectivity index (χ0) is 13.4. The lowest BCUT2D eigenvalue weighted by Crippen LogP contribution is -2.07. The summed E-state index contributed by atoms with van der Waals surface area (Å²) < 4.78 is 2.07. The Labute approximate surface area is 120 Å². The van der Waals surface area contributed by atoms with Gasteiger partial charge in [-0.15, -0.1) is 21.5 Å². The fraction of sp³-hybridized carbons (Fsp3) is 0.357.